The molecule has 70 valence electrons. The fourth-order valence-corrected chi connectivity index (χ4v) is 2.88. The third kappa shape index (κ3) is 1.38. The molecule has 2 aliphatic rings. The Morgan fingerprint density at radius 1 is 1.50 bits per heavy atom. The lowest BCUT2D eigenvalue weighted by Crippen LogP contribution is -2.27. The number of nitrogens with one attached hydrogen (secondary N) is 1. The second-order valence-electron chi connectivity index (χ2n) is 4.33. The predicted octanol–water partition coefficient (Wildman–Crippen LogP) is 0.936. The highest BCUT2D eigenvalue weighted by atomic mass is 15.2. The van der Waals surface area contributed by atoms with Crippen molar-refractivity contribution < 1.29 is 0 Å². The number of hydrogen-bond acceptors (Lipinski definition) is 2. The highest BCUT2D eigenvalue weighted by Crippen LogP contribution is 2.50. The number of rotatable bonds is 3. The van der Waals surface area contributed by atoms with Crippen LogP contribution in [0.4, 0.5) is 0 Å². The van der Waals surface area contributed by atoms with Gasteiger partial charge in [0.1, 0.15) is 0 Å². The Morgan fingerprint density at radius 2 is 2.33 bits per heavy atom. The van der Waals surface area contributed by atoms with Crippen molar-refractivity contribution >= 4 is 0 Å². The molecule has 3 atom stereocenters. The summed E-state index contributed by atoms with van der Waals surface area (Å²) in [6.07, 6.45) is 4.30. The van der Waals surface area contributed by atoms with Crippen LogP contribution < -0.4 is 5.32 Å². The zero-order valence-electron chi connectivity index (χ0n) is 8.21. The smallest absolute Gasteiger partial charge is 0.0156 e. The van der Waals surface area contributed by atoms with Crippen LogP contribution in [0.2, 0.25) is 0 Å². The van der Waals surface area contributed by atoms with Crippen LogP contribution in [0.15, 0.2) is 0 Å². The van der Waals surface area contributed by atoms with Gasteiger partial charge in [0.05, 0.1) is 0 Å². The zero-order chi connectivity index (χ0) is 8.55. The van der Waals surface area contributed by atoms with Gasteiger partial charge >= 0.3 is 0 Å². The summed E-state index contributed by atoms with van der Waals surface area (Å²) in [5.74, 6) is 2.07. The van der Waals surface area contributed by atoms with Gasteiger partial charge in [0.15, 0.2) is 0 Å². The lowest BCUT2D eigenvalue weighted by molar-refractivity contribution is 0.259. The van der Waals surface area contributed by atoms with E-state index in [2.05, 4.69) is 24.3 Å². The molecule has 0 radical (unpaired) electrons. The van der Waals surface area contributed by atoms with E-state index in [1.54, 1.807) is 0 Å². The van der Waals surface area contributed by atoms with E-state index < -0.39 is 0 Å². The molecule has 0 aromatic heterocycles. The first-order valence-corrected chi connectivity index (χ1v) is 5.19. The normalized spacial score (nSPS) is 41.0. The first-order chi connectivity index (χ1) is 5.84. The molecule has 1 saturated carbocycles. The molecule has 2 heteroatoms. The predicted molar refractivity (Wildman–Crippen MR) is 51.2 cm³/mol. The molecule has 0 aromatic rings. The molecule has 2 nitrogen and oxygen atoms in total. The van der Waals surface area contributed by atoms with Gasteiger partial charge in [0, 0.05) is 6.04 Å². The van der Waals surface area contributed by atoms with Gasteiger partial charge in [-0.05, 0) is 58.3 Å². The molecule has 1 unspecified atom stereocenters. The Kier molecular flexibility index (Phi) is 2.37. The molecule has 1 aliphatic heterocycles. The van der Waals surface area contributed by atoms with E-state index in [1.165, 1.54) is 32.4 Å². The molecular formula is C10H20N2. The Morgan fingerprint density at radius 3 is 3.00 bits per heavy atom. The van der Waals surface area contributed by atoms with Crippen molar-refractivity contribution in [1.82, 2.24) is 10.2 Å². The number of nitrogens with zero attached hydrogens (tertiary/aromatic N) is 1. The molecule has 0 spiro atoms. The molecule has 1 heterocycles. The molecule has 12 heavy (non-hydrogen) atoms. The standard InChI is InChI=1S/C10H20N2/c1-11-6-5-9-8-4-3-7-12(2)10(8)9/h8-11H,3-7H2,1-2H3/t8-,9?,10-/m1/s1. The zero-order valence-corrected chi connectivity index (χ0v) is 8.21. The molecule has 0 amide bonds. The van der Waals surface area contributed by atoms with Crippen LogP contribution in [0, 0.1) is 11.8 Å². The summed E-state index contributed by atoms with van der Waals surface area (Å²) in [5.41, 5.74) is 0. The fraction of sp³-hybridized carbons (Fsp3) is 1.00. The van der Waals surface area contributed by atoms with Crippen molar-refractivity contribution in [3.63, 3.8) is 0 Å². The maximum atomic E-state index is 3.25. The van der Waals surface area contributed by atoms with Crippen LogP contribution in [-0.2, 0) is 0 Å². The average Bonchev–Trinajstić information content (AvgIpc) is 2.77. The van der Waals surface area contributed by atoms with Gasteiger partial charge in [0.25, 0.3) is 0 Å². The van der Waals surface area contributed by atoms with Crippen LogP contribution in [-0.4, -0.2) is 38.1 Å². The topological polar surface area (TPSA) is 15.3 Å². The van der Waals surface area contributed by atoms with Gasteiger partial charge in [-0.2, -0.15) is 0 Å². The van der Waals surface area contributed by atoms with Crippen molar-refractivity contribution in [2.45, 2.75) is 25.3 Å². The van der Waals surface area contributed by atoms with E-state index >= 15 is 0 Å². The summed E-state index contributed by atoms with van der Waals surface area (Å²) >= 11 is 0. The maximum absolute atomic E-state index is 3.25. The molecule has 1 N–H and O–H groups in total. The maximum Gasteiger partial charge on any atom is 0.0156 e. The molecular weight excluding hydrogens is 148 g/mol. The van der Waals surface area contributed by atoms with Crippen LogP contribution in [0.3, 0.4) is 0 Å². The number of hydrogen-bond donors (Lipinski definition) is 1. The van der Waals surface area contributed by atoms with Crippen LogP contribution in [0.25, 0.3) is 0 Å². The third-order valence-electron chi connectivity index (χ3n) is 3.57. The SMILES string of the molecule is CNCCC1[C@H]2CCCN(C)[C@@H]12. The summed E-state index contributed by atoms with van der Waals surface area (Å²) in [6, 6.07) is 0.951. The molecule has 0 bridgehead atoms. The molecule has 2 fully saturated rings. The van der Waals surface area contributed by atoms with Crippen LogP contribution in [0.1, 0.15) is 19.3 Å². The second kappa shape index (κ2) is 3.35. The fourth-order valence-electron chi connectivity index (χ4n) is 2.88. The summed E-state index contributed by atoms with van der Waals surface area (Å²) in [5, 5.41) is 3.25. The quantitative estimate of drug-likeness (QED) is 0.674. The Bertz CT molecular complexity index is 158. The lowest BCUT2D eigenvalue weighted by Gasteiger charge is -2.20. The second-order valence-corrected chi connectivity index (χ2v) is 4.33. The third-order valence-corrected chi connectivity index (χ3v) is 3.57. The Balaban J connectivity index is 1.80. The molecule has 1 aliphatic carbocycles. The van der Waals surface area contributed by atoms with E-state index in [9.17, 15) is 0 Å². The summed E-state index contributed by atoms with van der Waals surface area (Å²) in [4.78, 5) is 2.56. The van der Waals surface area contributed by atoms with Gasteiger partial charge in [-0.1, -0.05) is 0 Å². The van der Waals surface area contributed by atoms with Crippen molar-refractivity contribution in [1.29, 1.82) is 0 Å². The minimum absolute atomic E-state index is 0.951. The van der Waals surface area contributed by atoms with Crippen LogP contribution >= 0.6 is 0 Å². The summed E-state index contributed by atoms with van der Waals surface area (Å²) in [7, 11) is 4.34. The average molecular weight is 168 g/mol. The minimum atomic E-state index is 0.951. The van der Waals surface area contributed by atoms with Crippen molar-refractivity contribution in [2.24, 2.45) is 11.8 Å². The van der Waals surface area contributed by atoms with Gasteiger partial charge in [0.2, 0.25) is 0 Å². The van der Waals surface area contributed by atoms with Crippen molar-refractivity contribution in [3.8, 4) is 0 Å². The van der Waals surface area contributed by atoms with E-state index in [0.29, 0.717) is 0 Å². The monoisotopic (exact) mass is 168 g/mol. The summed E-state index contributed by atoms with van der Waals surface area (Å²) < 4.78 is 0. The molecule has 2 rings (SSSR count). The van der Waals surface area contributed by atoms with E-state index in [0.717, 1.165) is 17.9 Å². The highest BCUT2D eigenvalue weighted by molar-refractivity contribution is 5.05. The number of fused-ring (bicyclic) bond motifs is 1. The first kappa shape index (κ1) is 8.52. The molecule has 1 saturated heterocycles. The van der Waals surface area contributed by atoms with Crippen LogP contribution in [0.5, 0.6) is 0 Å². The lowest BCUT2D eigenvalue weighted by atomic mass is 10.1. The van der Waals surface area contributed by atoms with E-state index in [1.807, 2.05) is 0 Å². The van der Waals surface area contributed by atoms with Crippen molar-refractivity contribution in [3.05, 3.63) is 0 Å². The van der Waals surface area contributed by atoms with Crippen molar-refractivity contribution in [2.75, 3.05) is 27.2 Å². The molecule has 0 aromatic carbocycles. The minimum Gasteiger partial charge on any atom is -0.320 e. The summed E-state index contributed by atoms with van der Waals surface area (Å²) in [6.45, 7) is 2.53. The van der Waals surface area contributed by atoms with Gasteiger partial charge < -0.3 is 10.2 Å². The van der Waals surface area contributed by atoms with E-state index in [4.69, 9.17) is 0 Å². The number of piperidine rings is 1. The first-order valence-electron chi connectivity index (χ1n) is 5.19. The van der Waals surface area contributed by atoms with Gasteiger partial charge in [-0.15, -0.1) is 0 Å². The number of likely N-dealkylation sites (tertiary alicyclic amines) is 1. The highest BCUT2D eigenvalue weighted by Gasteiger charge is 2.52. The largest absolute Gasteiger partial charge is 0.320 e. The Hall–Kier alpha value is -0.0800. The van der Waals surface area contributed by atoms with Gasteiger partial charge in [-0.3, -0.25) is 0 Å². The van der Waals surface area contributed by atoms with Gasteiger partial charge in [-0.25, -0.2) is 0 Å². The Labute approximate surface area is 75.3 Å². The van der Waals surface area contributed by atoms with E-state index in [-0.39, 0.29) is 0 Å².